The second-order valence-corrected chi connectivity index (χ2v) is 5.89. The van der Waals surface area contributed by atoms with Gasteiger partial charge in [0.05, 0.1) is 5.57 Å². The molecule has 2 aliphatic heterocycles. The zero-order valence-corrected chi connectivity index (χ0v) is 13.1. The minimum absolute atomic E-state index is 0. The summed E-state index contributed by atoms with van der Waals surface area (Å²) in [5, 5.41) is 0. The number of carbonyl (C=O) groups excluding carboxylic acids is 1. The monoisotopic (exact) mass is 307 g/mol. The van der Waals surface area contributed by atoms with E-state index in [0.29, 0.717) is 17.7 Å². The van der Waals surface area contributed by atoms with Gasteiger partial charge in [0, 0.05) is 24.9 Å². The van der Waals surface area contributed by atoms with E-state index in [4.69, 9.17) is 4.74 Å². The molecule has 2 atom stereocenters. The summed E-state index contributed by atoms with van der Waals surface area (Å²) in [7, 11) is 2.18. The molecule has 0 saturated carbocycles. The van der Waals surface area contributed by atoms with Crippen molar-refractivity contribution in [1.82, 2.24) is 4.90 Å². The Kier molecular flexibility index (Phi) is 5.07. The molecule has 0 radical (unpaired) electrons. The van der Waals surface area contributed by atoms with Gasteiger partial charge in [-0.1, -0.05) is 36.9 Å². The molecule has 0 aliphatic carbocycles. The van der Waals surface area contributed by atoms with Crippen LogP contribution in [0, 0.1) is 0 Å². The fourth-order valence-corrected chi connectivity index (χ4v) is 3.44. The number of fused-ring (bicyclic) bond motifs is 2. The van der Waals surface area contributed by atoms with E-state index in [9.17, 15) is 4.79 Å². The van der Waals surface area contributed by atoms with E-state index < -0.39 is 0 Å². The van der Waals surface area contributed by atoms with Gasteiger partial charge in [-0.05, 0) is 25.5 Å². The summed E-state index contributed by atoms with van der Waals surface area (Å²) in [6, 6.07) is 10.7. The quantitative estimate of drug-likeness (QED) is 0.634. The molecule has 2 fully saturated rings. The lowest BCUT2D eigenvalue weighted by Crippen LogP contribution is -2.43. The Hall–Kier alpha value is -1.32. The van der Waals surface area contributed by atoms with Crippen LogP contribution in [0.4, 0.5) is 0 Å². The molecule has 1 aromatic rings. The standard InChI is InChI=1S/C17H21NO2.ClH/c1-12(13-6-4-3-5-7-13)17(19)20-16-10-14-8-9-15(11-16)18(14)2;/h3-7,14-16H,1,8-11H2,2H3;1H. The number of halogens is 1. The second-order valence-electron chi connectivity index (χ2n) is 5.89. The van der Waals surface area contributed by atoms with Crippen LogP contribution in [0.3, 0.4) is 0 Å². The molecular weight excluding hydrogens is 286 g/mol. The zero-order chi connectivity index (χ0) is 14.1. The molecule has 0 N–H and O–H groups in total. The first-order valence-electron chi connectivity index (χ1n) is 7.32. The largest absolute Gasteiger partial charge is 0.459 e. The summed E-state index contributed by atoms with van der Waals surface area (Å²) in [4.78, 5) is 14.6. The summed E-state index contributed by atoms with van der Waals surface area (Å²) in [5.74, 6) is -0.273. The summed E-state index contributed by atoms with van der Waals surface area (Å²) >= 11 is 0. The van der Waals surface area contributed by atoms with Gasteiger partial charge in [-0.15, -0.1) is 12.4 Å². The van der Waals surface area contributed by atoms with E-state index in [1.54, 1.807) is 0 Å². The van der Waals surface area contributed by atoms with Crippen LogP contribution in [0.1, 0.15) is 31.2 Å². The van der Waals surface area contributed by atoms with Crippen LogP contribution in [0.25, 0.3) is 5.57 Å². The maximum Gasteiger partial charge on any atom is 0.338 e. The highest BCUT2D eigenvalue weighted by Crippen LogP contribution is 2.35. The predicted molar refractivity (Wildman–Crippen MR) is 86.4 cm³/mol. The summed E-state index contributed by atoms with van der Waals surface area (Å²) < 4.78 is 5.67. The number of ether oxygens (including phenoxy) is 1. The molecule has 2 saturated heterocycles. The third kappa shape index (κ3) is 3.30. The fourth-order valence-electron chi connectivity index (χ4n) is 3.44. The molecule has 21 heavy (non-hydrogen) atoms. The van der Waals surface area contributed by atoms with Crippen molar-refractivity contribution in [3.8, 4) is 0 Å². The van der Waals surface area contributed by atoms with Crippen molar-refractivity contribution in [2.45, 2.75) is 43.9 Å². The van der Waals surface area contributed by atoms with Crippen molar-refractivity contribution in [3.05, 3.63) is 42.5 Å². The predicted octanol–water partition coefficient (Wildman–Crippen LogP) is 3.29. The Morgan fingerprint density at radius 2 is 1.76 bits per heavy atom. The number of nitrogens with zero attached hydrogens (tertiary/aromatic N) is 1. The number of esters is 1. The molecule has 0 spiro atoms. The topological polar surface area (TPSA) is 29.5 Å². The van der Waals surface area contributed by atoms with E-state index in [2.05, 4.69) is 18.5 Å². The minimum Gasteiger partial charge on any atom is -0.459 e. The van der Waals surface area contributed by atoms with E-state index in [1.807, 2.05) is 30.3 Å². The third-order valence-corrected chi connectivity index (χ3v) is 4.70. The first-order valence-corrected chi connectivity index (χ1v) is 7.32. The number of hydrogen-bond donors (Lipinski definition) is 0. The van der Waals surface area contributed by atoms with Crippen molar-refractivity contribution in [3.63, 3.8) is 0 Å². The average Bonchev–Trinajstić information content (AvgIpc) is 2.69. The van der Waals surface area contributed by atoms with Gasteiger partial charge in [0.25, 0.3) is 0 Å². The highest BCUT2D eigenvalue weighted by atomic mass is 35.5. The molecule has 1 aromatic carbocycles. The molecule has 2 unspecified atom stereocenters. The van der Waals surface area contributed by atoms with E-state index in [0.717, 1.165) is 18.4 Å². The third-order valence-electron chi connectivity index (χ3n) is 4.70. The molecule has 3 nitrogen and oxygen atoms in total. The van der Waals surface area contributed by atoms with E-state index in [-0.39, 0.29) is 24.5 Å². The highest BCUT2D eigenvalue weighted by molar-refractivity contribution is 6.15. The fraction of sp³-hybridized carbons (Fsp3) is 0.471. The number of rotatable bonds is 3. The number of hydrogen-bond acceptors (Lipinski definition) is 3. The minimum atomic E-state index is -0.273. The first kappa shape index (κ1) is 16.1. The van der Waals surface area contributed by atoms with Crippen LogP contribution in [0.2, 0.25) is 0 Å². The lowest BCUT2D eigenvalue weighted by molar-refractivity contribution is -0.145. The van der Waals surface area contributed by atoms with Crippen LogP contribution >= 0.6 is 12.4 Å². The van der Waals surface area contributed by atoms with Crippen molar-refractivity contribution in [2.24, 2.45) is 0 Å². The van der Waals surface area contributed by atoms with Gasteiger partial charge in [0.2, 0.25) is 0 Å². The molecular formula is C17H22ClNO2. The SMILES string of the molecule is C=C(C(=O)OC1CC2CCC(C1)N2C)c1ccccc1.Cl. The lowest BCUT2D eigenvalue weighted by Gasteiger charge is -2.35. The van der Waals surface area contributed by atoms with Crippen LogP contribution in [-0.2, 0) is 9.53 Å². The van der Waals surface area contributed by atoms with Crippen LogP contribution in [-0.4, -0.2) is 36.1 Å². The van der Waals surface area contributed by atoms with Gasteiger partial charge in [0.15, 0.2) is 0 Å². The van der Waals surface area contributed by atoms with Crippen molar-refractivity contribution < 1.29 is 9.53 Å². The summed E-state index contributed by atoms with van der Waals surface area (Å²) in [6.45, 7) is 3.87. The van der Waals surface area contributed by atoms with Gasteiger partial charge in [-0.3, -0.25) is 0 Å². The van der Waals surface area contributed by atoms with Crippen LogP contribution in [0.15, 0.2) is 36.9 Å². The molecule has 114 valence electrons. The maximum absolute atomic E-state index is 12.2. The Bertz CT molecular complexity index is 503. The Morgan fingerprint density at radius 3 is 2.33 bits per heavy atom. The molecule has 2 aliphatic rings. The van der Waals surface area contributed by atoms with Gasteiger partial charge in [0.1, 0.15) is 6.10 Å². The number of benzene rings is 1. The van der Waals surface area contributed by atoms with Crippen molar-refractivity contribution >= 4 is 23.9 Å². The van der Waals surface area contributed by atoms with E-state index >= 15 is 0 Å². The Morgan fingerprint density at radius 1 is 1.19 bits per heavy atom. The van der Waals surface area contributed by atoms with Gasteiger partial charge in [-0.25, -0.2) is 4.79 Å². The summed E-state index contributed by atoms with van der Waals surface area (Å²) in [5.41, 5.74) is 1.30. The number of piperidine rings is 1. The molecule has 4 heteroatoms. The van der Waals surface area contributed by atoms with Gasteiger partial charge >= 0.3 is 5.97 Å². The molecule has 0 amide bonds. The van der Waals surface area contributed by atoms with Crippen molar-refractivity contribution in [1.29, 1.82) is 0 Å². The smallest absolute Gasteiger partial charge is 0.338 e. The molecule has 0 aromatic heterocycles. The van der Waals surface area contributed by atoms with Gasteiger partial charge < -0.3 is 9.64 Å². The number of carbonyl (C=O) groups is 1. The first-order chi connectivity index (χ1) is 9.65. The zero-order valence-electron chi connectivity index (χ0n) is 12.3. The maximum atomic E-state index is 12.2. The molecule has 3 rings (SSSR count). The highest BCUT2D eigenvalue weighted by Gasteiger charge is 2.39. The van der Waals surface area contributed by atoms with Crippen LogP contribution < -0.4 is 0 Å². The second kappa shape index (κ2) is 6.63. The average molecular weight is 308 g/mol. The van der Waals surface area contributed by atoms with Crippen LogP contribution in [0.5, 0.6) is 0 Å². The molecule has 2 bridgehead atoms. The normalized spacial score (nSPS) is 27.8. The Labute approximate surface area is 132 Å². The van der Waals surface area contributed by atoms with E-state index in [1.165, 1.54) is 12.8 Å². The van der Waals surface area contributed by atoms with Gasteiger partial charge in [-0.2, -0.15) is 0 Å². The summed E-state index contributed by atoms with van der Waals surface area (Å²) in [6.07, 6.45) is 4.43. The lowest BCUT2D eigenvalue weighted by atomic mass is 10.0. The Balaban J connectivity index is 0.00000161. The molecule has 2 heterocycles. The van der Waals surface area contributed by atoms with Crippen molar-refractivity contribution in [2.75, 3.05) is 7.05 Å².